The first kappa shape index (κ1) is 8.34. The molecule has 0 atom stereocenters. The molecule has 0 fully saturated rings. The lowest BCUT2D eigenvalue weighted by Gasteiger charge is -2.11. The summed E-state index contributed by atoms with van der Waals surface area (Å²) in [7, 11) is 3.98. The second kappa shape index (κ2) is 4.24. The van der Waals surface area contributed by atoms with E-state index in [-0.39, 0.29) is 0 Å². The van der Waals surface area contributed by atoms with E-state index in [0.717, 1.165) is 6.54 Å². The zero-order valence-electron chi connectivity index (χ0n) is 6.73. The molecule has 54 valence electrons. The van der Waals surface area contributed by atoms with Gasteiger partial charge in [0.25, 0.3) is 0 Å². The second-order valence-corrected chi connectivity index (χ2v) is 2.14. The fourth-order valence-electron chi connectivity index (χ4n) is 0.486. The average Bonchev–Trinajstić information content (AvgIpc) is 1.87. The lowest BCUT2D eigenvalue weighted by Crippen LogP contribution is -2.13. The van der Waals surface area contributed by atoms with E-state index >= 15 is 0 Å². The Kier molecular flexibility index (Phi) is 3.93. The van der Waals surface area contributed by atoms with Crippen molar-refractivity contribution in [1.82, 2.24) is 10.2 Å². The normalized spacial score (nSPS) is 11.3. The van der Waals surface area contributed by atoms with Crippen LogP contribution in [0.2, 0.25) is 0 Å². The Morgan fingerprint density at radius 1 is 1.67 bits per heavy atom. The maximum absolute atomic E-state index is 3.05. The molecule has 1 N–H and O–H groups in total. The van der Waals surface area contributed by atoms with Crippen molar-refractivity contribution < 1.29 is 0 Å². The number of nitrogens with one attached hydrogen (secondary N) is 1. The van der Waals surface area contributed by atoms with Crippen molar-refractivity contribution in [2.75, 3.05) is 20.6 Å². The minimum atomic E-state index is 1.05. The third-order valence-corrected chi connectivity index (χ3v) is 1.31. The van der Waals surface area contributed by atoms with Gasteiger partial charge in [0.05, 0.1) is 0 Å². The SMILES string of the molecule is CCN(C)/C=C(/C)NC. The Morgan fingerprint density at radius 3 is 2.56 bits per heavy atom. The van der Waals surface area contributed by atoms with Crippen LogP contribution in [0.1, 0.15) is 13.8 Å². The van der Waals surface area contributed by atoms with Crippen LogP contribution in [-0.4, -0.2) is 25.5 Å². The summed E-state index contributed by atoms with van der Waals surface area (Å²) in [5.74, 6) is 0. The van der Waals surface area contributed by atoms with Crippen molar-refractivity contribution in [3.05, 3.63) is 11.9 Å². The van der Waals surface area contributed by atoms with Gasteiger partial charge < -0.3 is 10.2 Å². The first-order chi connectivity index (χ1) is 4.20. The molecule has 0 aliphatic rings. The third-order valence-electron chi connectivity index (χ3n) is 1.31. The summed E-state index contributed by atoms with van der Waals surface area (Å²) < 4.78 is 0. The molecule has 2 nitrogen and oxygen atoms in total. The van der Waals surface area contributed by atoms with E-state index in [9.17, 15) is 0 Å². The molecule has 0 aliphatic carbocycles. The number of hydrogen-bond acceptors (Lipinski definition) is 2. The second-order valence-electron chi connectivity index (χ2n) is 2.14. The summed E-state index contributed by atoms with van der Waals surface area (Å²) in [4.78, 5) is 2.13. The Hall–Kier alpha value is -0.660. The topological polar surface area (TPSA) is 15.3 Å². The van der Waals surface area contributed by atoms with Crippen LogP contribution in [0.25, 0.3) is 0 Å². The minimum Gasteiger partial charge on any atom is -0.390 e. The number of rotatable bonds is 3. The maximum Gasteiger partial charge on any atom is 0.0234 e. The molecule has 0 aromatic rings. The average molecular weight is 128 g/mol. The van der Waals surface area contributed by atoms with Crippen molar-refractivity contribution in [3.63, 3.8) is 0 Å². The summed E-state index contributed by atoms with van der Waals surface area (Å²) >= 11 is 0. The Labute approximate surface area is 57.5 Å². The highest BCUT2D eigenvalue weighted by Gasteiger charge is 1.85. The van der Waals surface area contributed by atoms with Gasteiger partial charge in [-0.2, -0.15) is 0 Å². The van der Waals surface area contributed by atoms with Gasteiger partial charge in [0.2, 0.25) is 0 Å². The monoisotopic (exact) mass is 128 g/mol. The maximum atomic E-state index is 3.05. The van der Waals surface area contributed by atoms with E-state index in [1.165, 1.54) is 5.70 Å². The van der Waals surface area contributed by atoms with E-state index in [0.29, 0.717) is 0 Å². The quantitative estimate of drug-likeness (QED) is 0.610. The van der Waals surface area contributed by atoms with Gasteiger partial charge in [-0.3, -0.25) is 0 Å². The molecule has 0 bridgehead atoms. The molecule has 9 heavy (non-hydrogen) atoms. The number of nitrogens with zero attached hydrogens (tertiary/aromatic N) is 1. The Bertz CT molecular complexity index is 97.1. The summed E-state index contributed by atoms with van der Waals surface area (Å²) in [6.07, 6.45) is 2.08. The predicted molar refractivity (Wildman–Crippen MR) is 41.1 cm³/mol. The van der Waals surface area contributed by atoms with Gasteiger partial charge in [-0.05, 0) is 13.8 Å². The largest absolute Gasteiger partial charge is 0.390 e. The van der Waals surface area contributed by atoms with Crippen LogP contribution in [0.3, 0.4) is 0 Å². The third kappa shape index (κ3) is 3.88. The Morgan fingerprint density at radius 2 is 2.22 bits per heavy atom. The number of allylic oxidation sites excluding steroid dienone is 1. The minimum absolute atomic E-state index is 1.05. The molecule has 0 radical (unpaired) electrons. The standard InChI is InChI=1S/C7H16N2/c1-5-9(4)6-7(2)8-3/h6,8H,5H2,1-4H3/b7-6-. The summed E-state index contributed by atoms with van der Waals surface area (Å²) in [6, 6.07) is 0. The highest BCUT2D eigenvalue weighted by Crippen LogP contribution is 1.88. The van der Waals surface area contributed by atoms with Gasteiger partial charge >= 0.3 is 0 Å². The van der Waals surface area contributed by atoms with Crippen molar-refractivity contribution in [1.29, 1.82) is 0 Å². The fourth-order valence-corrected chi connectivity index (χ4v) is 0.486. The van der Waals surface area contributed by atoms with Gasteiger partial charge in [0, 0.05) is 32.5 Å². The van der Waals surface area contributed by atoms with E-state index in [1.54, 1.807) is 0 Å². The molecule has 0 saturated heterocycles. The van der Waals surface area contributed by atoms with Crippen molar-refractivity contribution in [2.24, 2.45) is 0 Å². The lowest BCUT2D eigenvalue weighted by molar-refractivity contribution is 0.477. The molecule has 2 heteroatoms. The lowest BCUT2D eigenvalue weighted by atomic mass is 10.5. The Balaban J connectivity index is 3.64. The van der Waals surface area contributed by atoms with Gasteiger partial charge in [-0.25, -0.2) is 0 Å². The molecular weight excluding hydrogens is 112 g/mol. The molecule has 0 aromatic carbocycles. The van der Waals surface area contributed by atoms with Gasteiger partial charge in [0.1, 0.15) is 0 Å². The van der Waals surface area contributed by atoms with Crippen LogP contribution in [0.15, 0.2) is 11.9 Å². The van der Waals surface area contributed by atoms with Crippen molar-refractivity contribution in [3.8, 4) is 0 Å². The molecule has 0 aliphatic heterocycles. The van der Waals surface area contributed by atoms with Crippen molar-refractivity contribution >= 4 is 0 Å². The van der Waals surface area contributed by atoms with Crippen LogP contribution in [0.5, 0.6) is 0 Å². The van der Waals surface area contributed by atoms with E-state index in [4.69, 9.17) is 0 Å². The molecule has 0 amide bonds. The molecule has 0 spiro atoms. The van der Waals surface area contributed by atoms with Gasteiger partial charge in [-0.1, -0.05) is 0 Å². The molecule has 0 saturated carbocycles. The molecule has 0 heterocycles. The van der Waals surface area contributed by atoms with Crippen LogP contribution in [0.4, 0.5) is 0 Å². The van der Waals surface area contributed by atoms with Crippen LogP contribution >= 0.6 is 0 Å². The zero-order valence-corrected chi connectivity index (χ0v) is 6.73. The predicted octanol–water partition coefficient (Wildman–Crippen LogP) is 1.02. The van der Waals surface area contributed by atoms with E-state index in [1.807, 2.05) is 14.0 Å². The summed E-state index contributed by atoms with van der Waals surface area (Å²) in [6.45, 7) is 5.23. The first-order valence-corrected chi connectivity index (χ1v) is 3.27. The van der Waals surface area contributed by atoms with Crippen LogP contribution < -0.4 is 5.32 Å². The molecule has 0 rings (SSSR count). The smallest absolute Gasteiger partial charge is 0.0234 e. The highest BCUT2D eigenvalue weighted by molar-refractivity contribution is 4.92. The van der Waals surface area contributed by atoms with Gasteiger partial charge in [0.15, 0.2) is 0 Å². The first-order valence-electron chi connectivity index (χ1n) is 3.27. The van der Waals surface area contributed by atoms with Gasteiger partial charge in [-0.15, -0.1) is 0 Å². The van der Waals surface area contributed by atoms with Crippen LogP contribution in [-0.2, 0) is 0 Å². The highest BCUT2D eigenvalue weighted by atomic mass is 15.1. The summed E-state index contributed by atoms with van der Waals surface area (Å²) in [5, 5.41) is 3.05. The fraction of sp³-hybridized carbons (Fsp3) is 0.714. The molecule has 0 unspecified atom stereocenters. The molecule has 0 aromatic heterocycles. The van der Waals surface area contributed by atoms with Crippen molar-refractivity contribution in [2.45, 2.75) is 13.8 Å². The van der Waals surface area contributed by atoms with Crippen LogP contribution in [0, 0.1) is 0 Å². The summed E-state index contributed by atoms with van der Waals surface area (Å²) in [5.41, 5.74) is 1.19. The molecular formula is C7H16N2. The van der Waals surface area contributed by atoms with E-state index in [2.05, 4.69) is 30.4 Å². The van der Waals surface area contributed by atoms with E-state index < -0.39 is 0 Å². The number of hydrogen-bond donors (Lipinski definition) is 1. The zero-order chi connectivity index (χ0) is 7.28.